The Morgan fingerprint density at radius 1 is 1.38 bits per heavy atom. The third kappa shape index (κ3) is 3.00. The van der Waals surface area contributed by atoms with Gasteiger partial charge in [0.2, 0.25) is 0 Å². The number of aromatic nitrogens is 4. The van der Waals surface area contributed by atoms with Crippen molar-refractivity contribution in [2.24, 2.45) is 0 Å². The highest BCUT2D eigenvalue weighted by Gasteiger charge is 2.49. The molecule has 3 heterocycles. The lowest BCUT2D eigenvalue weighted by Crippen LogP contribution is -2.36. The first-order valence-electron chi connectivity index (χ1n) is 6.81. The van der Waals surface area contributed by atoms with Gasteiger partial charge >= 0.3 is 7.82 Å². The van der Waals surface area contributed by atoms with Gasteiger partial charge < -0.3 is 30.1 Å². The number of phosphoric acid groups is 1. The number of anilines is 1. The Morgan fingerprint density at radius 2 is 2.12 bits per heavy atom. The smallest absolute Gasteiger partial charge is 0.394 e. The summed E-state index contributed by atoms with van der Waals surface area (Å²) in [7, 11) is -3.52. The summed E-state index contributed by atoms with van der Waals surface area (Å²) in [4.78, 5) is 30.3. The van der Waals surface area contributed by atoms with Crippen molar-refractivity contribution < 1.29 is 33.5 Å². The van der Waals surface area contributed by atoms with Crippen molar-refractivity contribution in [1.29, 1.82) is 0 Å². The molecule has 0 amide bonds. The molecule has 0 spiro atoms. The van der Waals surface area contributed by atoms with E-state index in [2.05, 4.69) is 15.0 Å². The van der Waals surface area contributed by atoms with Crippen LogP contribution in [-0.2, 0) is 18.6 Å². The van der Waals surface area contributed by atoms with E-state index in [0.717, 1.165) is 0 Å². The van der Waals surface area contributed by atoms with Gasteiger partial charge in [-0.2, -0.15) is 0 Å². The molecule has 132 valence electrons. The van der Waals surface area contributed by atoms with Gasteiger partial charge in [0.1, 0.15) is 30.2 Å². The zero-order valence-corrected chi connectivity index (χ0v) is 13.4. The van der Waals surface area contributed by atoms with Gasteiger partial charge in [0.05, 0.1) is 12.9 Å². The third-order valence-electron chi connectivity index (χ3n) is 3.66. The maximum atomic E-state index is 11.3. The highest BCUT2D eigenvalue weighted by molar-refractivity contribution is 7.46. The van der Waals surface area contributed by atoms with Gasteiger partial charge in [-0.25, -0.2) is 19.5 Å². The summed E-state index contributed by atoms with van der Waals surface area (Å²) >= 11 is 0. The van der Waals surface area contributed by atoms with Crippen LogP contribution in [0, 0.1) is 0 Å². The molecule has 5 N–H and O–H groups in total. The van der Waals surface area contributed by atoms with Crippen LogP contribution < -0.4 is 5.73 Å². The maximum absolute atomic E-state index is 11.3. The Kier molecular flexibility index (Phi) is 4.53. The molecule has 0 radical (unpaired) electrons. The Bertz CT molecular complexity index is 779. The third-order valence-corrected chi connectivity index (χ3v) is 4.18. The lowest BCUT2D eigenvalue weighted by Gasteiger charge is -2.23. The van der Waals surface area contributed by atoms with Crippen LogP contribution in [0.2, 0.25) is 0 Å². The molecule has 3 rings (SSSR count). The van der Waals surface area contributed by atoms with Gasteiger partial charge in [-0.15, -0.1) is 0 Å². The monoisotopic (exact) mass is 361 g/mol. The van der Waals surface area contributed by atoms with E-state index in [1.165, 1.54) is 24.3 Å². The molecule has 13 heteroatoms. The molecule has 1 fully saturated rings. The number of nitrogens with two attached hydrogens (primary N) is 1. The summed E-state index contributed by atoms with van der Waals surface area (Å²) in [6.07, 6.45) is -1.46. The molecule has 2 aromatic rings. The van der Waals surface area contributed by atoms with Crippen LogP contribution in [0.4, 0.5) is 5.82 Å². The fourth-order valence-corrected chi connectivity index (χ4v) is 3.23. The van der Waals surface area contributed by atoms with Crippen molar-refractivity contribution in [1.82, 2.24) is 19.5 Å². The second-order valence-electron chi connectivity index (χ2n) is 5.09. The normalized spacial score (nSPS) is 27.8. The fourth-order valence-electron chi connectivity index (χ4n) is 2.69. The molecule has 1 aliphatic heterocycles. The first kappa shape index (κ1) is 17.2. The van der Waals surface area contributed by atoms with Crippen molar-refractivity contribution in [2.75, 3.05) is 19.5 Å². The standard InChI is InChI=1S/C11H16N5O7P/c1-21-7-5(2-17)22-11(8(7)23-24(18,19)20)16-4-15-6-9(12)13-3-14-10(6)16/h3-5,7-8,11,17H,2H2,1H3,(H2,12,13,14)(H2,18,19,20)/t5-,7-,8-,11-/m1/s1. The van der Waals surface area contributed by atoms with E-state index in [0.29, 0.717) is 11.2 Å². The predicted octanol–water partition coefficient (Wildman–Crippen LogP) is -1.21. The lowest BCUT2D eigenvalue weighted by molar-refractivity contribution is -0.0533. The van der Waals surface area contributed by atoms with Crippen LogP contribution >= 0.6 is 7.82 Å². The zero-order chi connectivity index (χ0) is 17.5. The minimum absolute atomic E-state index is 0.145. The Hall–Kier alpha value is -1.66. The van der Waals surface area contributed by atoms with Crippen LogP contribution in [0.5, 0.6) is 0 Å². The molecular formula is C11H16N5O7P. The van der Waals surface area contributed by atoms with Gasteiger partial charge in [-0.3, -0.25) is 9.09 Å². The number of aliphatic hydroxyl groups is 1. The number of hydrogen-bond donors (Lipinski definition) is 4. The van der Waals surface area contributed by atoms with Crippen molar-refractivity contribution in [3.63, 3.8) is 0 Å². The number of aliphatic hydroxyl groups excluding tert-OH is 1. The van der Waals surface area contributed by atoms with Gasteiger partial charge in [0.25, 0.3) is 0 Å². The highest BCUT2D eigenvalue weighted by atomic mass is 31.2. The van der Waals surface area contributed by atoms with E-state index in [1.54, 1.807) is 0 Å². The van der Waals surface area contributed by atoms with Crippen LogP contribution in [0.15, 0.2) is 12.7 Å². The number of fused-ring (bicyclic) bond motifs is 1. The van der Waals surface area contributed by atoms with Gasteiger partial charge in [0, 0.05) is 7.11 Å². The largest absolute Gasteiger partial charge is 0.470 e. The van der Waals surface area contributed by atoms with E-state index >= 15 is 0 Å². The van der Waals surface area contributed by atoms with Crippen molar-refractivity contribution in [3.8, 4) is 0 Å². The summed E-state index contributed by atoms with van der Waals surface area (Å²) in [5.41, 5.74) is 6.32. The molecule has 24 heavy (non-hydrogen) atoms. The van der Waals surface area contributed by atoms with Crippen molar-refractivity contribution >= 4 is 24.8 Å². The van der Waals surface area contributed by atoms with E-state index in [-0.39, 0.29) is 5.82 Å². The van der Waals surface area contributed by atoms with Crippen LogP contribution in [0.3, 0.4) is 0 Å². The second-order valence-corrected chi connectivity index (χ2v) is 6.28. The van der Waals surface area contributed by atoms with Crippen molar-refractivity contribution in [3.05, 3.63) is 12.7 Å². The molecule has 0 aromatic carbocycles. The topological polar surface area (TPSA) is 175 Å². The Balaban J connectivity index is 2.05. The lowest BCUT2D eigenvalue weighted by atomic mass is 10.1. The van der Waals surface area contributed by atoms with Crippen LogP contribution in [-0.4, -0.2) is 66.4 Å². The molecule has 1 saturated heterocycles. The summed E-state index contributed by atoms with van der Waals surface area (Å²) in [6, 6.07) is 0. The summed E-state index contributed by atoms with van der Waals surface area (Å²) in [5, 5.41) is 9.43. The van der Waals surface area contributed by atoms with Crippen LogP contribution in [0.1, 0.15) is 6.23 Å². The van der Waals surface area contributed by atoms with Crippen molar-refractivity contribution in [2.45, 2.75) is 24.5 Å². The zero-order valence-electron chi connectivity index (χ0n) is 12.5. The molecule has 4 atom stereocenters. The minimum Gasteiger partial charge on any atom is -0.394 e. The SMILES string of the molecule is CO[C@H]1[C@@H](OP(=O)(O)O)[C@H](n2cnc3c(N)ncnc32)O[C@@H]1CO. The fraction of sp³-hybridized carbons (Fsp3) is 0.545. The van der Waals surface area contributed by atoms with Gasteiger partial charge in [0.15, 0.2) is 17.7 Å². The average molecular weight is 361 g/mol. The second kappa shape index (κ2) is 6.33. The van der Waals surface area contributed by atoms with Crippen LogP contribution in [0.25, 0.3) is 11.2 Å². The first-order valence-corrected chi connectivity index (χ1v) is 8.35. The number of nitrogens with zero attached hydrogens (tertiary/aromatic N) is 4. The summed E-state index contributed by atoms with van der Waals surface area (Å²) < 4.78 is 28.4. The Labute approximate surface area is 135 Å². The molecule has 0 unspecified atom stereocenters. The van der Waals surface area contributed by atoms with Gasteiger partial charge in [-0.05, 0) is 0 Å². The Morgan fingerprint density at radius 3 is 2.75 bits per heavy atom. The average Bonchev–Trinajstić information content (AvgIpc) is 3.07. The van der Waals surface area contributed by atoms with E-state index in [1.807, 2.05) is 0 Å². The number of rotatable bonds is 5. The first-order chi connectivity index (χ1) is 11.4. The summed E-state index contributed by atoms with van der Waals surface area (Å²) in [6.45, 7) is -0.431. The van der Waals surface area contributed by atoms with E-state index in [9.17, 15) is 9.67 Å². The number of phosphoric ester groups is 1. The number of hydrogen-bond acceptors (Lipinski definition) is 9. The number of nitrogen functional groups attached to an aromatic ring is 1. The molecule has 2 aromatic heterocycles. The summed E-state index contributed by atoms with van der Waals surface area (Å²) in [5.74, 6) is 0.145. The number of methoxy groups -OCH3 is 1. The molecular weight excluding hydrogens is 345 g/mol. The van der Waals surface area contributed by atoms with E-state index in [4.69, 9.17) is 29.5 Å². The molecule has 12 nitrogen and oxygen atoms in total. The molecule has 0 saturated carbocycles. The molecule has 1 aliphatic rings. The molecule has 0 aliphatic carbocycles. The molecule has 0 bridgehead atoms. The predicted molar refractivity (Wildman–Crippen MR) is 78.4 cm³/mol. The van der Waals surface area contributed by atoms with Gasteiger partial charge in [-0.1, -0.05) is 0 Å². The number of imidazole rings is 1. The quantitative estimate of drug-likeness (QED) is 0.470. The van der Waals surface area contributed by atoms with E-state index < -0.39 is 39.0 Å². The highest BCUT2D eigenvalue weighted by Crippen LogP contribution is 2.45. The minimum atomic E-state index is -4.84. The number of ether oxygens (including phenoxy) is 2. The maximum Gasteiger partial charge on any atom is 0.470 e.